The van der Waals surface area contributed by atoms with Gasteiger partial charge in [-0.15, -0.1) is 0 Å². The Morgan fingerprint density at radius 1 is 0.793 bits per heavy atom. The molecular weight excluding hydrogens is 870 g/mol. The Morgan fingerprint density at radius 3 is 1.98 bits per heavy atom. The van der Waals surface area contributed by atoms with Crippen molar-refractivity contribution in [3.63, 3.8) is 0 Å². The van der Waals surface area contributed by atoms with E-state index >= 15 is 0 Å². The van der Waals surface area contributed by atoms with Crippen LogP contribution in [0.3, 0.4) is 0 Å². The van der Waals surface area contributed by atoms with Crippen LogP contribution in [-0.4, -0.2) is 98.5 Å². The summed E-state index contributed by atoms with van der Waals surface area (Å²) in [5.41, 5.74) is 3.77. The summed E-state index contributed by atoms with van der Waals surface area (Å²) in [4.78, 5) is 2.00. The van der Waals surface area contributed by atoms with E-state index in [-0.39, 0.29) is 128 Å². The SMILES string of the molecule is CC1(C)C(C=C/C=C2/N(CCCS(=O)(=O)O)c3ccc(OCCCSOO[O-])cc3C2(C)C)=[N+](CCCS(=O)(=O)[O-])c2ccc(OCCCS(=O)(=O)[O-])cc21.[Na+].[Na+].[Na+]. The van der Waals surface area contributed by atoms with Crippen LogP contribution >= 0.6 is 12.0 Å². The van der Waals surface area contributed by atoms with E-state index in [9.17, 15) is 44.2 Å². The minimum Gasteiger partial charge on any atom is -0.748 e. The number of fused-ring (bicyclic) bond motifs is 2. The molecule has 2 heterocycles. The predicted molar refractivity (Wildman–Crippen MR) is 203 cm³/mol. The molecule has 1 N–H and O–H groups in total. The molecule has 2 aromatic rings. The molecule has 58 heavy (non-hydrogen) atoms. The second-order valence-corrected chi connectivity index (χ2v) is 19.5. The van der Waals surface area contributed by atoms with Gasteiger partial charge in [-0.2, -0.15) is 17.3 Å². The van der Waals surface area contributed by atoms with Gasteiger partial charge in [-0.05, 0) is 75.1 Å². The van der Waals surface area contributed by atoms with Crippen molar-refractivity contribution in [1.82, 2.24) is 0 Å². The smallest absolute Gasteiger partial charge is 0.748 e. The van der Waals surface area contributed by atoms with Crippen LogP contribution in [0.2, 0.25) is 0 Å². The zero-order chi connectivity index (χ0) is 40.7. The molecule has 0 aliphatic carbocycles. The molecule has 2 aliphatic rings. The van der Waals surface area contributed by atoms with Crippen LogP contribution in [-0.2, 0) is 50.6 Å². The molecule has 306 valence electrons. The number of ether oxygens (including phenoxy) is 2. The largest absolute Gasteiger partial charge is 1.00 e. The topological polar surface area (TPSA) is 235 Å². The molecule has 2 aliphatic heterocycles. The van der Waals surface area contributed by atoms with Gasteiger partial charge < -0.3 is 28.7 Å². The van der Waals surface area contributed by atoms with Gasteiger partial charge in [-0.1, -0.05) is 19.9 Å². The third-order valence-corrected chi connectivity index (χ3v) is 12.3. The molecule has 0 bridgehead atoms. The summed E-state index contributed by atoms with van der Waals surface area (Å²) in [5.74, 6) is 0.0186. The summed E-state index contributed by atoms with van der Waals surface area (Å²) in [6.07, 6.45) is 6.51. The predicted octanol–water partition coefficient (Wildman–Crippen LogP) is -5.52. The monoisotopic (exact) mass is 915 g/mol. The third-order valence-electron chi connectivity index (χ3n) is 9.32. The van der Waals surface area contributed by atoms with Crippen molar-refractivity contribution in [3.8, 4) is 11.5 Å². The van der Waals surface area contributed by atoms with Gasteiger partial charge in [0.2, 0.25) is 5.69 Å². The van der Waals surface area contributed by atoms with Crippen LogP contribution in [0.25, 0.3) is 0 Å². The van der Waals surface area contributed by atoms with Crippen LogP contribution in [0.5, 0.6) is 11.5 Å². The molecule has 0 aromatic heterocycles. The average molecular weight is 916 g/mol. The zero-order valence-corrected chi connectivity index (χ0v) is 43.2. The van der Waals surface area contributed by atoms with Crippen LogP contribution in [0.1, 0.15) is 64.5 Å². The standard InChI is InChI=1S/C35H48N2O14S4.3Na/c1-34(2)28-24-26(48-18-8-20-52-51-50-38)12-14-30(28)36(16-6-21-53(39,40)41)32(34)10-5-11-33-35(3,4)29-25-27(49-19-9-23-55(45,46)47)13-15-31(29)37(33)17-7-22-54(42,43)44;;;/h5,10-15,24-25H,6-9,16-23H2,1-4H3,(H3-,38,39,40,41,42,43,44,45,46,47);;;/q;3*+1/p-2. The van der Waals surface area contributed by atoms with Gasteiger partial charge in [-0.25, -0.2) is 16.8 Å². The maximum atomic E-state index is 11.6. The normalized spacial score (nSPS) is 16.4. The van der Waals surface area contributed by atoms with Crippen LogP contribution in [0.15, 0.2) is 60.3 Å². The van der Waals surface area contributed by atoms with Crippen LogP contribution in [0, 0.1) is 0 Å². The van der Waals surface area contributed by atoms with Gasteiger partial charge in [-0.3, -0.25) is 9.59 Å². The molecule has 0 unspecified atom stereocenters. The second kappa shape index (κ2) is 24.1. The van der Waals surface area contributed by atoms with E-state index in [0.717, 1.165) is 46.0 Å². The molecule has 16 nitrogen and oxygen atoms in total. The number of benzene rings is 2. The van der Waals surface area contributed by atoms with Crippen molar-refractivity contribution >= 4 is 59.5 Å². The van der Waals surface area contributed by atoms with Crippen molar-refractivity contribution in [1.29, 1.82) is 0 Å². The minimum absolute atomic E-state index is 0. The molecule has 0 saturated heterocycles. The zero-order valence-electron chi connectivity index (χ0n) is 34.0. The van der Waals surface area contributed by atoms with Crippen molar-refractivity contribution in [2.75, 3.05) is 54.2 Å². The molecule has 0 radical (unpaired) electrons. The summed E-state index contributed by atoms with van der Waals surface area (Å²) < 4.78 is 118. The number of allylic oxidation sites excluding steroid dienone is 4. The molecule has 2 aromatic carbocycles. The number of hydrogen-bond donors (Lipinski definition) is 1. The van der Waals surface area contributed by atoms with Gasteiger partial charge in [0.15, 0.2) is 5.71 Å². The molecule has 23 heteroatoms. The first-order chi connectivity index (χ1) is 25.6. The van der Waals surface area contributed by atoms with Crippen molar-refractivity contribution in [2.45, 2.75) is 64.2 Å². The summed E-state index contributed by atoms with van der Waals surface area (Å²) in [6, 6.07) is 11.0. The van der Waals surface area contributed by atoms with Gasteiger partial charge in [0.25, 0.3) is 10.1 Å². The molecule has 0 saturated carbocycles. The van der Waals surface area contributed by atoms with Gasteiger partial charge >= 0.3 is 88.7 Å². The molecular formula is C35H46N2Na3O14S4+. The molecule has 0 fully saturated rings. The number of nitrogens with zero attached hydrogens (tertiary/aromatic N) is 2. The quantitative estimate of drug-likeness (QED) is 0.0221. The minimum atomic E-state index is -4.46. The van der Waals surface area contributed by atoms with E-state index in [4.69, 9.17) is 9.47 Å². The number of anilines is 1. The van der Waals surface area contributed by atoms with Gasteiger partial charge in [0.05, 0.1) is 44.6 Å². The van der Waals surface area contributed by atoms with E-state index in [1.54, 1.807) is 6.07 Å². The Hall–Kier alpha value is -0.0500. The van der Waals surface area contributed by atoms with Crippen LogP contribution < -0.4 is 108 Å². The van der Waals surface area contributed by atoms with Gasteiger partial charge in [0.1, 0.15) is 18.0 Å². The van der Waals surface area contributed by atoms with E-state index in [1.807, 2.05) is 85.7 Å². The van der Waals surface area contributed by atoms with E-state index in [0.29, 0.717) is 30.3 Å². The maximum absolute atomic E-state index is 11.6. The Kier molecular flexibility index (Phi) is 23.3. The molecule has 0 spiro atoms. The van der Waals surface area contributed by atoms with Crippen molar-refractivity contribution < 1.29 is 156 Å². The molecule has 0 amide bonds. The van der Waals surface area contributed by atoms with E-state index < -0.39 is 58.4 Å². The van der Waals surface area contributed by atoms with Crippen LogP contribution in [0.4, 0.5) is 11.4 Å². The average Bonchev–Trinajstić information content (AvgIpc) is 3.41. The summed E-state index contributed by atoms with van der Waals surface area (Å²) in [5, 5.41) is 13.3. The first-order valence-electron chi connectivity index (χ1n) is 17.4. The first-order valence-corrected chi connectivity index (χ1v) is 23.1. The fourth-order valence-corrected chi connectivity index (χ4v) is 8.58. The first kappa shape index (κ1) is 56.0. The van der Waals surface area contributed by atoms with E-state index in [1.165, 1.54) is 0 Å². The Labute approximate surface area is 412 Å². The Bertz CT molecular complexity index is 2130. The maximum Gasteiger partial charge on any atom is 1.00 e. The fourth-order valence-electron chi connectivity index (χ4n) is 6.79. The fraction of sp³-hybridized carbons (Fsp3) is 0.514. The number of hydrogen-bond acceptors (Lipinski definition) is 15. The van der Waals surface area contributed by atoms with Crippen molar-refractivity contribution in [2.24, 2.45) is 0 Å². The Balaban J connectivity index is 0.00000561. The van der Waals surface area contributed by atoms with Gasteiger partial charge in [0, 0.05) is 76.8 Å². The summed E-state index contributed by atoms with van der Waals surface area (Å²) in [6.45, 7) is 8.89. The molecule has 0 atom stereocenters. The Morgan fingerprint density at radius 2 is 1.38 bits per heavy atom. The second-order valence-electron chi connectivity index (χ2n) is 14.1. The third kappa shape index (κ3) is 16.3. The summed E-state index contributed by atoms with van der Waals surface area (Å²) >= 11 is 0.872. The number of rotatable bonds is 22. The van der Waals surface area contributed by atoms with Crippen molar-refractivity contribution in [3.05, 3.63) is 71.5 Å². The van der Waals surface area contributed by atoms with E-state index in [2.05, 4.69) is 9.37 Å². The molecule has 4 rings (SSSR count). The summed E-state index contributed by atoms with van der Waals surface area (Å²) in [7, 11) is -13.0.